The minimum absolute atomic E-state index is 0.616. The van der Waals surface area contributed by atoms with Crippen LogP contribution in [-0.4, -0.2) is 12.0 Å². The van der Waals surface area contributed by atoms with E-state index in [0.717, 1.165) is 23.2 Å². The van der Waals surface area contributed by atoms with Crippen LogP contribution in [0.4, 0.5) is 0 Å². The molecule has 0 spiro atoms. The lowest BCUT2D eigenvalue weighted by Gasteiger charge is -2.07. The third-order valence-electron chi connectivity index (χ3n) is 3.07. The molecule has 0 saturated carbocycles. The highest BCUT2D eigenvalue weighted by Gasteiger charge is 2.01. The summed E-state index contributed by atoms with van der Waals surface area (Å²) < 4.78 is 5.83. The zero-order valence-corrected chi connectivity index (χ0v) is 11.3. The van der Waals surface area contributed by atoms with E-state index in [1.807, 2.05) is 61.6 Å². The van der Waals surface area contributed by atoms with E-state index < -0.39 is 0 Å². The molecule has 0 unspecified atom stereocenters. The fraction of sp³-hybridized carbons (Fsp3) is 0.118. The van der Waals surface area contributed by atoms with Crippen molar-refractivity contribution in [1.82, 2.24) is 10.3 Å². The summed E-state index contributed by atoms with van der Waals surface area (Å²) >= 11 is 0. The quantitative estimate of drug-likeness (QED) is 0.779. The molecule has 3 rings (SSSR count). The Morgan fingerprint density at radius 2 is 1.90 bits per heavy atom. The number of nitrogens with zero attached hydrogens (tertiary/aromatic N) is 1. The second-order valence-corrected chi connectivity index (χ2v) is 4.62. The number of pyridine rings is 1. The van der Waals surface area contributed by atoms with Gasteiger partial charge in [-0.1, -0.05) is 30.3 Å². The Balaban J connectivity index is 1.87. The van der Waals surface area contributed by atoms with Crippen LogP contribution in [0.25, 0.3) is 10.9 Å². The van der Waals surface area contributed by atoms with Crippen LogP contribution in [0.15, 0.2) is 60.7 Å². The molecule has 0 aliphatic heterocycles. The molecule has 100 valence electrons. The van der Waals surface area contributed by atoms with Crippen molar-refractivity contribution in [2.24, 2.45) is 0 Å². The van der Waals surface area contributed by atoms with Gasteiger partial charge in [-0.2, -0.15) is 0 Å². The molecular weight excluding hydrogens is 248 g/mol. The zero-order chi connectivity index (χ0) is 13.8. The maximum absolute atomic E-state index is 5.83. The first-order valence-electron chi connectivity index (χ1n) is 6.62. The Labute approximate surface area is 118 Å². The lowest BCUT2D eigenvalue weighted by Crippen LogP contribution is -2.04. The summed E-state index contributed by atoms with van der Waals surface area (Å²) in [6.07, 6.45) is 0. The fourth-order valence-electron chi connectivity index (χ4n) is 2.15. The van der Waals surface area contributed by atoms with Gasteiger partial charge in [0.2, 0.25) is 5.88 Å². The van der Waals surface area contributed by atoms with Crippen molar-refractivity contribution in [2.45, 2.75) is 6.54 Å². The number of hydrogen-bond donors (Lipinski definition) is 1. The Hall–Kier alpha value is -2.39. The van der Waals surface area contributed by atoms with Crippen LogP contribution in [0.3, 0.4) is 0 Å². The van der Waals surface area contributed by atoms with Gasteiger partial charge < -0.3 is 10.1 Å². The van der Waals surface area contributed by atoms with Crippen LogP contribution in [0.2, 0.25) is 0 Å². The van der Waals surface area contributed by atoms with E-state index in [1.54, 1.807) is 0 Å². The number of fused-ring (bicyclic) bond motifs is 1. The van der Waals surface area contributed by atoms with E-state index in [0.29, 0.717) is 5.88 Å². The normalized spacial score (nSPS) is 10.7. The minimum atomic E-state index is 0.616. The number of nitrogens with one attached hydrogen (secondary N) is 1. The predicted octanol–water partition coefficient (Wildman–Crippen LogP) is 3.75. The molecule has 20 heavy (non-hydrogen) atoms. The minimum Gasteiger partial charge on any atom is -0.439 e. The average molecular weight is 264 g/mol. The molecule has 3 heteroatoms. The summed E-state index contributed by atoms with van der Waals surface area (Å²) in [6.45, 7) is 0.822. The largest absolute Gasteiger partial charge is 0.439 e. The van der Waals surface area contributed by atoms with Gasteiger partial charge in [-0.3, -0.25) is 0 Å². The van der Waals surface area contributed by atoms with E-state index in [4.69, 9.17) is 4.74 Å². The lowest BCUT2D eigenvalue weighted by atomic mass is 10.2. The van der Waals surface area contributed by atoms with E-state index in [1.165, 1.54) is 5.56 Å². The van der Waals surface area contributed by atoms with Crippen molar-refractivity contribution >= 4 is 10.9 Å². The molecule has 1 heterocycles. The first-order chi connectivity index (χ1) is 9.85. The monoisotopic (exact) mass is 264 g/mol. The van der Waals surface area contributed by atoms with E-state index in [-0.39, 0.29) is 0 Å². The van der Waals surface area contributed by atoms with Crippen LogP contribution >= 0.6 is 0 Å². The third-order valence-corrected chi connectivity index (χ3v) is 3.07. The standard InChI is InChI=1S/C17H16N2O/c1-18-12-13-5-4-7-15(11-13)20-17-10-9-14-6-2-3-8-16(14)19-17/h2-11,18H,12H2,1H3. The highest BCUT2D eigenvalue weighted by atomic mass is 16.5. The number of hydrogen-bond acceptors (Lipinski definition) is 3. The van der Waals surface area contributed by atoms with Crippen LogP contribution in [0.5, 0.6) is 11.6 Å². The SMILES string of the molecule is CNCc1cccc(Oc2ccc3ccccc3n2)c1. The molecule has 0 aliphatic rings. The van der Waals surface area contributed by atoms with E-state index in [9.17, 15) is 0 Å². The Kier molecular flexibility index (Phi) is 3.61. The van der Waals surface area contributed by atoms with Gasteiger partial charge in [-0.25, -0.2) is 4.98 Å². The lowest BCUT2D eigenvalue weighted by molar-refractivity contribution is 0.464. The number of para-hydroxylation sites is 1. The molecule has 0 amide bonds. The molecule has 0 saturated heterocycles. The Bertz CT molecular complexity index is 725. The first-order valence-corrected chi connectivity index (χ1v) is 6.62. The summed E-state index contributed by atoms with van der Waals surface area (Å²) in [6, 6.07) is 19.9. The highest BCUT2D eigenvalue weighted by Crippen LogP contribution is 2.23. The van der Waals surface area contributed by atoms with Gasteiger partial charge in [0.1, 0.15) is 5.75 Å². The van der Waals surface area contributed by atoms with Crippen LogP contribution in [-0.2, 0) is 6.54 Å². The molecule has 1 aromatic heterocycles. The third kappa shape index (κ3) is 2.78. The van der Waals surface area contributed by atoms with Gasteiger partial charge in [-0.15, -0.1) is 0 Å². The highest BCUT2D eigenvalue weighted by molar-refractivity contribution is 5.78. The van der Waals surface area contributed by atoms with Gasteiger partial charge in [0.05, 0.1) is 5.52 Å². The average Bonchev–Trinajstić information content (AvgIpc) is 2.48. The molecule has 1 N–H and O–H groups in total. The van der Waals surface area contributed by atoms with Gasteiger partial charge in [-0.05, 0) is 36.9 Å². The number of rotatable bonds is 4. The molecule has 0 fully saturated rings. The second-order valence-electron chi connectivity index (χ2n) is 4.62. The second kappa shape index (κ2) is 5.72. The predicted molar refractivity (Wildman–Crippen MR) is 81.0 cm³/mol. The molecule has 3 aromatic rings. The Morgan fingerprint density at radius 1 is 1.00 bits per heavy atom. The first kappa shape index (κ1) is 12.6. The molecule has 0 radical (unpaired) electrons. The molecule has 0 bridgehead atoms. The summed E-state index contributed by atoms with van der Waals surface area (Å²) in [7, 11) is 1.93. The van der Waals surface area contributed by atoms with Crippen molar-refractivity contribution in [1.29, 1.82) is 0 Å². The fourth-order valence-corrected chi connectivity index (χ4v) is 2.15. The molecule has 0 atom stereocenters. The maximum atomic E-state index is 5.83. The van der Waals surface area contributed by atoms with Crippen LogP contribution in [0.1, 0.15) is 5.56 Å². The van der Waals surface area contributed by atoms with Crippen molar-refractivity contribution in [2.75, 3.05) is 7.05 Å². The van der Waals surface area contributed by atoms with Gasteiger partial charge in [0.25, 0.3) is 0 Å². The molecule has 0 aliphatic carbocycles. The summed E-state index contributed by atoms with van der Waals surface area (Å²) in [5.74, 6) is 1.42. The van der Waals surface area contributed by atoms with Crippen LogP contribution < -0.4 is 10.1 Å². The van der Waals surface area contributed by atoms with Crippen LogP contribution in [0, 0.1) is 0 Å². The number of aromatic nitrogens is 1. The van der Waals surface area contributed by atoms with E-state index >= 15 is 0 Å². The topological polar surface area (TPSA) is 34.1 Å². The molecular formula is C17H16N2O. The van der Waals surface area contributed by atoms with Crippen molar-refractivity contribution < 1.29 is 4.74 Å². The van der Waals surface area contributed by atoms with Gasteiger partial charge in [0, 0.05) is 18.0 Å². The zero-order valence-electron chi connectivity index (χ0n) is 11.3. The molecule has 2 aromatic carbocycles. The summed E-state index contributed by atoms with van der Waals surface area (Å²) in [4.78, 5) is 4.51. The number of ether oxygens (including phenoxy) is 1. The van der Waals surface area contributed by atoms with E-state index in [2.05, 4.69) is 16.4 Å². The number of benzene rings is 2. The van der Waals surface area contributed by atoms with Gasteiger partial charge in [0.15, 0.2) is 0 Å². The molecule has 3 nitrogen and oxygen atoms in total. The van der Waals surface area contributed by atoms with Gasteiger partial charge >= 0.3 is 0 Å². The van der Waals surface area contributed by atoms with Crippen molar-refractivity contribution in [3.8, 4) is 11.6 Å². The maximum Gasteiger partial charge on any atom is 0.219 e. The van der Waals surface area contributed by atoms with Crippen molar-refractivity contribution in [3.05, 3.63) is 66.2 Å². The summed E-state index contributed by atoms with van der Waals surface area (Å²) in [5, 5.41) is 4.24. The smallest absolute Gasteiger partial charge is 0.219 e. The van der Waals surface area contributed by atoms with Crippen molar-refractivity contribution in [3.63, 3.8) is 0 Å². The Morgan fingerprint density at radius 3 is 2.80 bits per heavy atom. The summed E-state index contributed by atoms with van der Waals surface area (Å²) in [5.41, 5.74) is 2.13.